The summed E-state index contributed by atoms with van der Waals surface area (Å²) in [6.07, 6.45) is -9.91. The number of halogens is 6. The van der Waals surface area contributed by atoms with Crippen molar-refractivity contribution in [3.8, 4) is 11.5 Å². The molecule has 4 rings (SSSR count). The molecule has 0 saturated carbocycles. The SMILES string of the molecule is CCOC(=O)CSCN1c2ccc(OCc3ccccc3)cc2CC1C(=O)COc1cc(C(F)(F)F)cc(C(F)(F)F)c1. The van der Waals surface area contributed by atoms with Crippen LogP contribution >= 0.6 is 11.8 Å². The average molecular weight is 628 g/mol. The van der Waals surface area contributed by atoms with Crippen LogP contribution in [0.15, 0.2) is 66.7 Å². The molecule has 1 aliphatic heterocycles. The predicted molar refractivity (Wildman–Crippen MR) is 148 cm³/mol. The molecule has 0 N–H and O–H groups in total. The summed E-state index contributed by atoms with van der Waals surface area (Å²) in [7, 11) is 0. The topological polar surface area (TPSA) is 65.1 Å². The van der Waals surface area contributed by atoms with Crippen LogP contribution in [0.1, 0.15) is 29.2 Å². The zero-order valence-corrected chi connectivity index (χ0v) is 23.7. The number of carbonyl (C=O) groups is 2. The van der Waals surface area contributed by atoms with Gasteiger partial charge in [-0.3, -0.25) is 9.59 Å². The first kappa shape index (κ1) is 32.1. The van der Waals surface area contributed by atoms with Crippen molar-refractivity contribution in [2.24, 2.45) is 0 Å². The number of rotatable bonds is 12. The summed E-state index contributed by atoms with van der Waals surface area (Å²) in [6.45, 7) is 1.43. The van der Waals surface area contributed by atoms with Crippen molar-refractivity contribution in [3.63, 3.8) is 0 Å². The summed E-state index contributed by atoms with van der Waals surface area (Å²) in [5, 5.41) is 0. The lowest BCUT2D eigenvalue weighted by Crippen LogP contribution is -2.41. The number of benzene rings is 3. The van der Waals surface area contributed by atoms with Crippen molar-refractivity contribution in [3.05, 3.63) is 89.0 Å². The summed E-state index contributed by atoms with van der Waals surface area (Å²) >= 11 is 1.20. The van der Waals surface area contributed by atoms with Crippen LogP contribution in [0.25, 0.3) is 0 Å². The zero-order valence-electron chi connectivity index (χ0n) is 22.8. The van der Waals surface area contributed by atoms with E-state index in [0.717, 1.165) is 11.1 Å². The molecule has 3 aromatic rings. The summed E-state index contributed by atoms with van der Waals surface area (Å²) in [5.41, 5.74) is -0.705. The third-order valence-electron chi connectivity index (χ3n) is 6.47. The molecule has 13 heteroatoms. The van der Waals surface area contributed by atoms with Gasteiger partial charge in [-0.05, 0) is 54.4 Å². The summed E-state index contributed by atoms with van der Waals surface area (Å²) < 4.78 is 95.5. The number of hydrogen-bond donors (Lipinski definition) is 0. The Hall–Kier alpha value is -3.87. The van der Waals surface area contributed by atoms with E-state index in [1.165, 1.54) is 11.8 Å². The Morgan fingerprint density at radius 2 is 1.56 bits per heavy atom. The highest BCUT2D eigenvalue weighted by atomic mass is 32.2. The Balaban J connectivity index is 1.51. The van der Waals surface area contributed by atoms with Gasteiger partial charge in [0.25, 0.3) is 0 Å². The Bertz CT molecular complexity index is 1400. The number of Topliss-reactive ketones (excluding diaryl/α,β-unsaturated/α-hetero) is 1. The van der Waals surface area contributed by atoms with Gasteiger partial charge in [-0.25, -0.2) is 0 Å². The molecule has 43 heavy (non-hydrogen) atoms. The van der Waals surface area contributed by atoms with Gasteiger partial charge in [-0.1, -0.05) is 30.3 Å². The van der Waals surface area contributed by atoms with E-state index in [0.29, 0.717) is 30.2 Å². The highest BCUT2D eigenvalue weighted by Crippen LogP contribution is 2.39. The van der Waals surface area contributed by atoms with Crippen molar-refractivity contribution in [2.75, 3.05) is 29.7 Å². The number of fused-ring (bicyclic) bond motifs is 1. The zero-order chi connectivity index (χ0) is 31.2. The Morgan fingerprint density at radius 1 is 0.884 bits per heavy atom. The number of nitrogens with zero attached hydrogens (tertiary/aromatic N) is 1. The first-order chi connectivity index (χ1) is 20.3. The van der Waals surface area contributed by atoms with Crippen molar-refractivity contribution >= 4 is 29.2 Å². The van der Waals surface area contributed by atoms with Gasteiger partial charge in [0, 0.05) is 12.1 Å². The molecule has 0 aromatic heterocycles. The quantitative estimate of drug-likeness (QED) is 0.159. The van der Waals surface area contributed by atoms with E-state index in [1.807, 2.05) is 30.3 Å². The Kier molecular flexibility index (Phi) is 10.2. The molecule has 0 bridgehead atoms. The summed E-state index contributed by atoms with van der Waals surface area (Å²) in [4.78, 5) is 26.9. The van der Waals surface area contributed by atoms with Gasteiger partial charge in [-0.15, -0.1) is 11.8 Å². The number of hydrogen-bond acceptors (Lipinski definition) is 7. The maximum absolute atomic E-state index is 13.3. The average Bonchev–Trinajstić information content (AvgIpc) is 3.32. The Morgan fingerprint density at radius 3 is 2.19 bits per heavy atom. The minimum atomic E-state index is -5.05. The van der Waals surface area contributed by atoms with Gasteiger partial charge in [0.05, 0.1) is 35.4 Å². The van der Waals surface area contributed by atoms with Crippen LogP contribution in [0.3, 0.4) is 0 Å². The van der Waals surface area contributed by atoms with Crippen LogP contribution < -0.4 is 14.4 Å². The molecule has 0 radical (unpaired) electrons. The number of esters is 1. The van der Waals surface area contributed by atoms with E-state index in [4.69, 9.17) is 14.2 Å². The van der Waals surface area contributed by atoms with Gasteiger partial charge < -0.3 is 19.1 Å². The van der Waals surface area contributed by atoms with Gasteiger partial charge in [0.2, 0.25) is 0 Å². The number of ketones is 1. The maximum atomic E-state index is 13.3. The molecule has 1 unspecified atom stereocenters. The number of thioether (sulfide) groups is 1. The second kappa shape index (κ2) is 13.6. The van der Waals surface area contributed by atoms with Crippen LogP contribution in [0.4, 0.5) is 32.0 Å². The van der Waals surface area contributed by atoms with Crippen molar-refractivity contribution in [1.82, 2.24) is 0 Å². The van der Waals surface area contributed by atoms with Gasteiger partial charge in [-0.2, -0.15) is 26.3 Å². The number of carbonyl (C=O) groups excluding carboxylic acids is 2. The van der Waals surface area contributed by atoms with Crippen LogP contribution in [0.2, 0.25) is 0 Å². The fraction of sp³-hybridized carbons (Fsp3) is 0.333. The van der Waals surface area contributed by atoms with Crippen LogP contribution in [-0.2, 0) is 39.7 Å². The smallest absolute Gasteiger partial charge is 0.416 e. The highest BCUT2D eigenvalue weighted by Gasteiger charge is 2.38. The third-order valence-corrected chi connectivity index (χ3v) is 7.37. The molecule has 3 aromatic carbocycles. The Labute approximate surface area is 247 Å². The molecule has 6 nitrogen and oxygen atoms in total. The number of alkyl halides is 6. The molecule has 1 aliphatic rings. The summed E-state index contributed by atoms with van der Waals surface area (Å²) in [5.74, 6) is -0.979. The van der Waals surface area contributed by atoms with Crippen molar-refractivity contribution in [1.29, 1.82) is 0 Å². The molecule has 0 aliphatic carbocycles. The standard InChI is InChI=1S/C30H27F6NO5S/c1-2-40-28(39)17-43-18-37-25-9-8-23(41-15-19-6-4-3-5-7-19)10-20(25)11-26(37)27(38)16-42-24-13-21(29(31,32)33)12-22(14-24)30(34,35)36/h3-10,12-14,26H,2,11,15-18H2,1H3. The molecule has 0 amide bonds. The van der Waals surface area contributed by atoms with Crippen LogP contribution in [-0.4, -0.2) is 42.6 Å². The lowest BCUT2D eigenvalue weighted by molar-refractivity contribution is -0.143. The predicted octanol–water partition coefficient (Wildman–Crippen LogP) is 6.94. The molecule has 1 atom stereocenters. The molecule has 0 fully saturated rings. The third kappa shape index (κ3) is 8.59. The lowest BCUT2D eigenvalue weighted by Gasteiger charge is -2.26. The molecule has 230 valence electrons. The molecule has 0 spiro atoms. The van der Waals surface area contributed by atoms with E-state index in [1.54, 1.807) is 30.0 Å². The first-order valence-electron chi connectivity index (χ1n) is 13.1. The van der Waals surface area contributed by atoms with E-state index >= 15 is 0 Å². The largest absolute Gasteiger partial charge is 0.489 e. The minimum Gasteiger partial charge on any atom is -0.489 e. The fourth-order valence-electron chi connectivity index (χ4n) is 4.46. The van der Waals surface area contributed by atoms with E-state index in [-0.39, 0.29) is 30.7 Å². The highest BCUT2D eigenvalue weighted by molar-refractivity contribution is 8.00. The molecule has 1 heterocycles. The van der Waals surface area contributed by atoms with Gasteiger partial charge in [0.15, 0.2) is 5.78 Å². The monoisotopic (exact) mass is 627 g/mol. The maximum Gasteiger partial charge on any atom is 0.416 e. The minimum absolute atomic E-state index is 0.0117. The van der Waals surface area contributed by atoms with Crippen LogP contribution in [0.5, 0.6) is 11.5 Å². The number of anilines is 1. The molecule has 0 saturated heterocycles. The van der Waals surface area contributed by atoms with E-state index < -0.39 is 53.6 Å². The van der Waals surface area contributed by atoms with Crippen LogP contribution in [0, 0.1) is 0 Å². The number of ether oxygens (including phenoxy) is 3. The first-order valence-corrected chi connectivity index (χ1v) is 14.2. The van der Waals surface area contributed by atoms with Crippen molar-refractivity contribution < 1.29 is 50.1 Å². The van der Waals surface area contributed by atoms with Crippen molar-refractivity contribution in [2.45, 2.75) is 38.3 Å². The second-order valence-electron chi connectivity index (χ2n) is 9.53. The van der Waals surface area contributed by atoms with Gasteiger partial charge in [0.1, 0.15) is 24.7 Å². The fourth-order valence-corrected chi connectivity index (χ4v) is 5.32. The van der Waals surface area contributed by atoms with Gasteiger partial charge >= 0.3 is 18.3 Å². The van der Waals surface area contributed by atoms with E-state index in [9.17, 15) is 35.9 Å². The molecular weight excluding hydrogens is 600 g/mol. The summed E-state index contributed by atoms with van der Waals surface area (Å²) in [6, 6.07) is 14.7. The second-order valence-corrected chi connectivity index (χ2v) is 10.5. The lowest BCUT2D eigenvalue weighted by atomic mass is 10.1. The normalized spacial score (nSPS) is 14.8. The van der Waals surface area contributed by atoms with E-state index in [2.05, 4.69) is 0 Å². The molecular formula is C30H27F6NO5S.